The summed E-state index contributed by atoms with van der Waals surface area (Å²) in [6, 6.07) is 4.74. The van der Waals surface area contributed by atoms with Gasteiger partial charge < -0.3 is 14.8 Å². The van der Waals surface area contributed by atoms with Crippen molar-refractivity contribution in [3.05, 3.63) is 22.4 Å². The van der Waals surface area contributed by atoms with Gasteiger partial charge >= 0.3 is 0 Å². The molecule has 1 saturated carbocycles. The van der Waals surface area contributed by atoms with Gasteiger partial charge in [0.05, 0.1) is 18.8 Å². The van der Waals surface area contributed by atoms with E-state index < -0.39 is 0 Å². The van der Waals surface area contributed by atoms with Crippen LogP contribution in [0.1, 0.15) is 31.6 Å². The molecule has 0 spiro atoms. The standard InChI is InChI=1S/C15H25NO2S/c1-3-8-16-13-11-14(15(13)17-4-2)18-9-7-12-6-5-10-19-12/h5-6,10,13-16H,3-4,7-9,11H2,1-2H3. The molecule has 0 amide bonds. The average molecular weight is 283 g/mol. The maximum absolute atomic E-state index is 5.97. The van der Waals surface area contributed by atoms with Gasteiger partial charge in [-0.3, -0.25) is 0 Å². The molecule has 3 atom stereocenters. The van der Waals surface area contributed by atoms with Crippen molar-refractivity contribution in [1.29, 1.82) is 0 Å². The van der Waals surface area contributed by atoms with Crippen LogP contribution in [0.2, 0.25) is 0 Å². The Labute approximate surface area is 120 Å². The van der Waals surface area contributed by atoms with Crippen molar-refractivity contribution in [2.75, 3.05) is 19.8 Å². The highest BCUT2D eigenvalue weighted by Gasteiger charge is 2.42. The molecule has 0 saturated heterocycles. The summed E-state index contributed by atoms with van der Waals surface area (Å²) >= 11 is 1.80. The van der Waals surface area contributed by atoms with E-state index in [-0.39, 0.29) is 12.2 Å². The second-order valence-electron chi connectivity index (χ2n) is 4.95. The van der Waals surface area contributed by atoms with E-state index >= 15 is 0 Å². The Morgan fingerprint density at radius 3 is 2.95 bits per heavy atom. The van der Waals surface area contributed by atoms with Crippen LogP contribution in [0.5, 0.6) is 0 Å². The molecule has 0 bridgehead atoms. The fourth-order valence-corrected chi connectivity index (χ4v) is 3.15. The van der Waals surface area contributed by atoms with E-state index in [1.807, 2.05) is 0 Å². The molecule has 1 N–H and O–H groups in total. The summed E-state index contributed by atoms with van der Waals surface area (Å²) in [5.41, 5.74) is 0. The molecule has 1 heterocycles. The summed E-state index contributed by atoms with van der Waals surface area (Å²) in [6.45, 7) is 6.87. The Morgan fingerprint density at radius 1 is 1.37 bits per heavy atom. The Morgan fingerprint density at radius 2 is 2.26 bits per heavy atom. The molecule has 19 heavy (non-hydrogen) atoms. The van der Waals surface area contributed by atoms with E-state index in [0.29, 0.717) is 6.04 Å². The zero-order valence-electron chi connectivity index (χ0n) is 11.9. The average Bonchev–Trinajstić information content (AvgIpc) is 2.91. The molecule has 2 rings (SSSR count). The number of rotatable bonds is 9. The maximum Gasteiger partial charge on any atom is 0.0990 e. The SMILES string of the molecule is CCCNC1CC(OCCc2cccs2)C1OCC. The third kappa shape index (κ3) is 4.28. The molecule has 0 radical (unpaired) electrons. The van der Waals surface area contributed by atoms with Gasteiger partial charge in [0.15, 0.2) is 0 Å². The topological polar surface area (TPSA) is 30.5 Å². The highest BCUT2D eigenvalue weighted by molar-refractivity contribution is 7.09. The minimum absolute atomic E-state index is 0.236. The number of hydrogen-bond acceptors (Lipinski definition) is 4. The van der Waals surface area contributed by atoms with Gasteiger partial charge in [-0.05, 0) is 37.8 Å². The lowest BCUT2D eigenvalue weighted by atomic mass is 9.85. The van der Waals surface area contributed by atoms with E-state index in [9.17, 15) is 0 Å². The van der Waals surface area contributed by atoms with Gasteiger partial charge in [0, 0.05) is 23.9 Å². The molecule has 4 heteroatoms. The van der Waals surface area contributed by atoms with E-state index in [0.717, 1.165) is 32.6 Å². The van der Waals surface area contributed by atoms with Crippen LogP contribution in [-0.2, 0) is 15.9 Å². The van der Waals surface area contributed by atoms with Gasteiger partial charge in [0.2, 0.25) is 0 Å². The van der Waals surface area contributed by atoms with Gasteiger partial charge in [-0.2, -0.15) is 0 Å². The van der Waals surface area contributed by atoms with Crippen LogP contribution < -0.4 is 5.32 Å². The fraction of sp³-hybridized carbons (Fsp3) is 0.733. The lowest BCUT2D eigenvalue weighted by Gasteiger charge is -2.44. The normalized spacial score (nSPS) is 26.3. The van der Waals surface area contributed by atoms with Gasteiger partial charge in [-0.15, -0.1) is 11.3 Å². The molecule has 1 fully saturated rings. The smallest absolute Gasteiger partial charge is 0.0990 e. The van der Waals surface area contributed by atoms with Crippen molar-refractivity contribution >= 4 is 11.3 Å². The largest absolute Gasteiger partial charge is 0.375 e. The first kappa shape index (κ1) is 15.0. The summed E-state index contributed by atoms with van der Waals surface area (Å²) < 4.78 is 11.8. The Bertz CT molecular complexity index is 342. The summed E-state index contributed by atoms with van der Waals surface area (Å²) in [4.78, 5) is 1.40. The van der Waals surface area contributed by atoms with Gasteiger partial charge in [-0.25, -0.2) is 0 Å². The van der Waals surface area contributed by atoms with Crippen LogP contribution in [-0.4, -0.2) is 38.0 Å². The van der Waals surface area contributed by atoms with E-state index in [4.69, 9.17) is 9.47 Å². The Balaban J connectivity index is 1.68. The van der Waals surface area contributed by atoms with Crippen molar-refractivity contribution in [2.24, 2.45) is 0 Å². The summed E-state index contributed by atoms with van der Waals surface area (Å²) in [5.74, 6) is 0. The quantitative estimate of drug-likeness (QED) is 0.756. The maximum atomic E-state index is 5.97. The van der Waals surface area contributed by atoms with E-state index in [1.165, 1.54) is 11.3 Å². The highest BCUT2D eigenvalue weighted by atomic mass is 32.1. The van der Waals surface area contributed by atoms with E-state index in [1.54, 1.807) is 11.3 Å². The summed E-state index contributed by atoms with van der Waals surface area (Å²) in [7, 11) is 0. The minimum Gasteiger partial charge on any atom is -0.375 e. The van der Waals surface area contributed by atoms with Gasteiger partial charge in [0.25, 0.3) is 0 Å². The number of hydrogen-bond donors (Lipinski definition) is 1. The number of thiophene rings is 1. The van der Waals surface area contributed by atoms with Crippen LogP contribution in [0.3, 0.4) is 0 Å². The van der Waals surface area contributed by atoms with Crippen molar-refractivity contribution in [3.63, 3.8) is 0 Å². The molecule has 3 nitrogen and oxygen atoms in total. The molecule has 1 aromatic rings. The lowest BCUT2D eigenvalue weighted by molar-refractivity contribution is -0.144. The van der Waals surface area contributed by atoms with Crippen LogP contribution in [0.4, 0.5) is 0 Å². The molecule has 0 aliphatic heterocycles. The fourth-order valence-electron chi connectivity index (χ4n) is 2.46. The molecule has 0 aromatic carbocycles. The highest BCUT2D eigenvalue weighted by Crippen LogP contribution is 2.27. The van der Waals surface area contributed by atoms with Crippen molar-refractivity contribution < 1.29 is 9.47 Å². The second kappa shape index (κ2) is 8.00. The molecule has 1 aliphatic rings. The van der Waals surface area contributed by atoms with Crippen LogP contribution in [0, 0.1) is 0 Å². The Kier molecular flexibility index (Phi) is 6.31. The van der Waals surface area contributed by atoms with Crippen LogP contribution >= 0.6 is 11.3 Å². The number of ether oxygens (including phenoxy) is 2. The van der Waals surface area contributed by atoms with Gasteiger partial charge in [-0.1, -0.05) is 13.0 Å². The monoisotopic (exact) mass is 283 g/mol. The van der Waals surface area contributed by atoms with Crippen LogP contribution in [0.15, 0.2) is 17.5 Å². The van der Waals surface area contributed by atoms with Crippen molar-refractivity contribution in [3.8, 4) is 0 Å². The second-order valence-corrected chi connectivity index (χ2v) is 5.99. The zero-order chi connectivity index (χ0) is 13.5. The molecule has 108 valence electrons. The summed E-state index contributed by atoms with van der Waals surface area (Å²) in [6.07, 6.45) is 3.77. The van der Waals surface area contributed by atoms with E-state index in [2.05, 4.69) is 36.7 Å². The minimum atomic E-state index is 0.236. The third-order valence-electron chi connectivity index (χ3n) is 3.53. The first-order valence-electron chi connectivity index (χ1n) is 7.34. The number of nitrogens with one attached hydrogen (secondary N) is 1. The molecular weight excluding hydrogens is 258 g/mol. The predicted molar refractivity (Wildman–Crippen MR) is 79.9 cm³/mol. The molecular formula is C15H25NO2S. The molecule has 1 aromatic heterocycles. The van der Waals surface area contributed by atoms with Crippen LogP contribution in [0.25, 0.3) is 0 Å². The van der Waals surface area contributed by atoms with Crippen molar-refractivity contribution in [2.45, 2.75) is 51.4 Å². The zero-order valence-corrected chi connectivity index (χ0v) is 12.7. The van der Waals surface area contributed by atoms with Gasteiger partial charge in [0.1, 0.15) is 0 Å². The molecule has 1 aliphatic carbocycles. The first-order chi connectivity index (χ1) is 9.35. The third-order valence-corrected chi connectivity index (χ3v) is 4.46. The Hall–Kier alpha value is -0.420. The predicted octanol–water partition coefficient (Wildman–Crippen LogP) is 2.85. The lowest BCUT2D eigenvalue weighted by Crippen LogP contribution is -2.60. The molecule has 3 unspecified atom stereocenters. The first-order valence-corrected chi connectivity index (χ1v) is 8.22. The summed E-state index contributed by atoms with van der Waals surface area (Å²) in [5, 5.41) is 5.65. The van der Waals surface area contributed by atoms with Crippen molar-refractivity contribution in [1.82, 2.24) is 5.32 Å².